The molecule has 3 aromatic carbocycles. The molecule has 4 aromatic rings. The second-order valence-electron chi connectivity index (χ2n) is 10.1. The number of piperidine rings is 1. The molecule has 42 heavy (non-hydrogen) atoms. The Kier molecular flexibility index (Phi) is 8.06. The van der Waals surface area contributed by atoms with Gasteiger partial charge in [-0.05, 0) is 86.0 Å². The Morgan fingerprint density at radius 1 is 0.929 bits per heavy atom. The molecular formula is C32H28F4N2O4. The molecule has 1 aliphatic heterocycles. The molecule has 0 spiro atoms. The average Bonchev–Trinajstić information content (AvgIpc) is 3.36. The zero-order valence-corrected chi connectivity index (χ0v) is 23.0. The van der Waals surface area contributed by atoms with Crippen molar-refractivity contribution in [1.29, 1.82) is 0 Å². The monoisotopic (exact) mass is 580 g/mol. The van der Waals surface area contributed by atoms with E-state index in [4.69, 9.17) is 9.47 Å². The number of halogens is 4. The van der Waals surface area contributed by atoms with Gasteiger partial charge >= 0.3 is 12.1 Å². The van der Waals surface area contributed by atoms with Gasteiger partial charge in [0.1, 0.15) is 18.2 Å². The van der Waals surface area contributed by atoms with E-state index in [2.05, 4.69) is 0 Å². The summed E-state index contributed by atoms with van der Waals surface area (Å²) in [5, 5.41) is 0. The van der Waals surface area contributed by atoms with Crippen LogP contribution in [0.2, 0.25) is 0 Å². The van der Waals surface area contributed by atoms with E-state index in [1.54, 1.807) is 46.7 Å². The molecule has 1 fully saturated rings. The van der Waals surface area contributed by atoms with Crippen LogP contribution in [0, 0.1) is 12.7 Å². The minimum Gasteiger partial charge on any atom is -0.488 e. The highest BCUT2D eigenvalue weighted by Crippen LogP contribution is 2.40. The third-order valence-electron chi connectivity index (χ3n) is 7.18. The van der Waals surface area contributed by atoms with Gasteiger partial charge in [0.05, 0.1) is 23.9 Å². The topological polar surface area (TPSA) is 60.8 Å². The summed E-state index contributed by atoms with van der Waals surface area (Å²) in [7, 11) is 1.25. The van der Waals surface area contributed by atoms with E-state index in [-0.39, 0.29) is 29.4 Å². The molecule has 0 unspecified atom stereocenters. The molecule has 0 atom stereocenters. The van der Waals surface area contributed by atoms with Gasteiger partial charge in [-0.25, -0.2) is 9.18 Å². The number of nitrogens with zero attached hydrogens (tertiary/aromatic N) is 2. The fraction of sp³-hybridized carbons (Fsp3) is 0.250. The molecule has 0 bridgehead atoms. The zero-order chi connectivity index (χ0) is 30.0. The molecule has 0 aliphatic carbocycles. The van der Waals surface area contributed by atoms with Crippen LogP contribution < -0.4 is 9.64 Å². The summed E-state index contributed by atoms with van der Waals surface area (Å²) in [6.45, 7) is 2.26. The van der Waals surface area contributed by atoms with Crippen LogP contribution in [0.15, 0.2) is 72.8 Å². The summed E-state index contributed by atoms with van der Waals surface area (Å²) in [5.41, 5.74) is 2.14. The molecule has 2 heterocycles. The number of hydrogen-bond donors (Lipinski definition) is 0. The first-order valence-corrected chi connectivity index (χ1v) is 13.4. The van der Waals surface area contributed by atoms with E-state index >= 15 is 0 Å². The van der Waals surface area contributed by atoms with Crippen molar-refractivity contribution in [3.8, 4) is 22.7 Å². The van der Waals surface area contributed by atoms with Gasteiger partial charge in [0.2, 0.25) is 5.91 Å². The minimum atomic E-state index is -4.61. The predicted octanol–water partition coefficient (Wildman–Crippen LogP) is 7.49. The number of benzene rings is 3. The lowest BCUT2D eigenvalue weighted by Gasteiger charge is -2.28. The van der Waals surface area contributed by atoms with Gasteiger partial charge in [0.25, 0.3) is 0 Å². The van der Waals surface area contributed by atoms with Crippen LogP contribution in [0.4, 0.5) is 23.2 Å². The fourth-order valence-electron chi connectivity index (χ4n) is 5.06. The van der Waals surface area contributed by atoms with Crippen molar-refractivity contribution < 1.29 is 36.6 Å². The number of rotatable bonds is 7. The zero-order valence-electron chi connectivity index (χ0n) is 23.0. The Hall–Kier alpha value is -4.60. The van der Waals surface area contributed by atoms with Crippen molar-refractivity contribution in [2.75, 3.05) is 18.6 Å². The van der Waals surface area contributed by atoms with Crippen LogP contribution in [0.25, 0.3) is 16.9 Å². The molecule has 1 aromatic heterocycles. The number of methoxy groups -OCH3 is 1. The Bertz CT molecular complexity index is 1630. The maximum absolute atomic E-state index is 13.8. The van der Waals surface area contributed by atoms with Gasteiger partial charge in [-0.3, -0.25) is 4.79 Å². The molecule has 1 saturated heterocycles. The Morgan fingerprint density at radius 2 is 1.67 bits per heavy atom. The van der Waals surface area contributed by atoms with Crippen LogP contribution in [0.3, 0.4) is 0 Å². The van der Waals surface area contributed by atoms with Gasteiger partial charge < -0.3 is 18.9 Å². The highest BCUT2D eigenvalue weighted by Gasteiger charge is 2.32. The lowest BCUT2D eigenvalue weighted by molar-refractivity contribution is -0.137. The Labute approximate surface area is 240 Å². The van der Waals surface area contributed by atoms with Crippen LogP contribution in [-0.4, -0.2) is 30.1 Å². The molecule has 10 heteroatoms. The highest BCUT2D eigenvalue weighted by molar-refractivity contribution is 5.97. The van der Waals surface area contributed by atoms with Crippen molar-refractivity contribution in [2.24, 2.45) is 0 Å². The summed E-state index contributed by atoms with van der Waals surface area (Å²) in [4.78, 5) is 27.0. The second-order valence-corrected chi connectivity index (χ2v) is 10.1. The molecule has 1 aliphatic rings. The van der Waals surface area contributed by atoms with E-state index in [9.17, 15) is 27.2 Å². The maximum atomic E-state index is 13.8. The first kappa shape index (κ1) is 28.9. The second kappa shape index (κ2) is 11.7. The van der Waals surface area contributed by atoms with E-state index in [0.29, 0.717) is 41.3 Å². The van der Waals surface area contributed by atoms with Crippen LogP contribution in [0.5, 0.6) is 5.75 Å². The Morgan fingerprint density at radius 3 is 2.36 bits per heavy atom. The first-order valence-electron chi connectivity index (χ1n) is 13.4. The van der Waals surface area contributed by atoms with E-state index in [0.717, 1.165) is 25.0 Å². The SMILES string of the molecule is COC(=O)c1cc(N2CCCCC2=O)cc(-n2c(C)ccc2-c2cc(C(F)(F)F)ccc2OCc2ccc(F)cc2)c1. The number of carbonyl (C=O) groups is 2. The molecular weight excluding hydrogens is 552 g/mol. The first-order chi connectivity index (χ1) is 20.0. The molecule has 6 nitrogen and oxygen atoms in total. The maximum Gasteiger partial charge on any atom is 0.416 e. The number of esters is 1. The summed E-state index contributed by atoms with van der Waals surface area (Å²) in [5.74, 6) is -0.923. The average molecular weight is 581 g/mol. The summed E-state index contributed by atoms with van der Waals surface area (Å²) >= 11 is 0. The number of anilines is 1. The van der Waals surface area contributed by atoms with E-state index in [1.165, 1.54) is 37.4 Å². The largest absolute Gasteiger partial charge is 0.488 e. The lowest BCUT2D eigenvalue weighted by atomic mass is 10.0. The number of carbonyl (C=O) groups excluding carboxylic acids is 2. The summed E-state index contributed by atoms with van der Waals surface area (Å²) in [6, 6.07) is 17.2. The molecule has 0 N–H and O–H groups in total. The van der Waals surface area contributed by atoms with Crippen molar-refractivity contribution in [2.45, 2.75) is 39.0 Å². The van der Waals surface area contributed by atoms with Crippen LogP contribution in [0.1, 0.15) is 46.4 Å². The van der Waals surface area contributed by atoms with Gasteiger partial charge in [0, 0.05) is 35.6 Å². The molecule has 1 amide bonds. The van der Waals surface area contributed by atoms with Crippen LogP contribution >= 0.6 is 0 Å². The summed E-state index contributed by atoms with van der Waals surface area (Å²) < 4.78 is 67.5. The van der Waals surface area contributed by atoms with Crippen molar-refractivity contribution in [3.05, 3.63) is 101 Å². The van der Waals surface area contributed by atoms with Crippen molar-refractivity contribution in [3.63, 3.8) is 0 Å². The van der Waals surface area contributed by atoms with Gasteiger partial charge in [-0.1, -0.05) is 12.1 Å². The Balaban J connectivity index is 1.64. The fourth-order valence-corrected chi connectivity index (χ4v) is 5.06. The van der Waals surface area contributed by atoms with E-state index in [1.807, 2.05) is 0 Å². The highest BCUT2D eigenvalue weighted by atomic mass is 19.4. The number of ether oxygens (including phenoxy) is 2. The number of aryl methyl sites for hydroxylation is 1. The normalized spacial score (nSPS) is 13.8. The van der Waals surface area contributed by atoms with Gasteiger partial charge in [0.15, 0.2) is 0 Å². The summed E-state index contributed by atoms with van der Waals surface area (Å²) in [6.07, 6.45) is -2.65. The molecule has 218 valence electrons. The van der Waals surface area contributed by atoms with Gasteiger partial charge in [-0.15, -0.1) is 0 Å². The quantitative estimate of drug-likeness (QED) is 0.168. The van der Waals surface area contributed by atoms with Crippen molar-refractivity contribution in [1.82, 2.24) is 4.57 Å². The molecule has 5 rings (SSSR count). The standard InChI is InChI=1S/C32H28F4N2O4/c1-20-6-12-28(27-17-23(32(34,35)36)9-13-29(27)42-19-21-7-10-24(33)11-8-21)38(20)26-16-22(31(40)41-2)15-25(18-26)37-14-4-3-5-30(37)39/h6-13,15-18H,3-5,14,19H2,1-2H3. The third kappa shape index (κ3) is 6.02. The molecule has 0 radical (unpaired) electrons. The van der Waals surface area contributed by atoms with Gasteiger partial charge in [-0.2, -0.15) is 13.2 Å². The van der Waals surface area contributed by atoms with Crippen LogP contribution in [-0.2, 0) is 22.3 Å². The lowest BCUT2D eigenvalue weighted by Crippen LogP contribution is -2.35. The number of hydrogen-bond acceptors (Lipinski definition) is 4. The minimum absolute atomic E-state index is 0.00260. The predicted molar refractivity (Wildman–Crippen MR) is 149 cm³/mol. The third-order valence-corrected chi connectivity index (χ3v) is 7.18. The molecule has 0 saturated carbocycles. The van der Waals surface area contributed by atoms with Crippen molar-refractivity contribution >= 4 is 17.6 Å². The number of alkyl halides is 3. The van der Waals surface area contributed by atoms with E-state index < -0.39 is 23.5 Å². The number of amides is 1. The number of aromatic nitrogens is 1. The smallest absolute Gasteiger partial charge is 0.416 e.